The van der Waals surface area contributed by atoms with Crippen LogP contribution in [0.15, 0.2) is 65.1 Å². The molecule has 29 heavy (non-hydrogen) atoms. The summed E-state index contributed by atoms with van der Waals surface area (Å²) in [7, 11) is 0. The predicted molar refractivity (Wildman–Crippen MR) is 114 cm³/mol. The van der Waals surface area contributed by atoms with Crippen molar-refractivity contribution in [3.8, 4) is 11.3 Å². The fourth-order valence-corrected chi connectivity index (χ4v) is 4.98. The zero-order chi connectivity index (χ0) is 19.8. The molecule has 4 aromatic rings. The maximum absolute atomic E-state index is 12.9. The summed E-state index contributed by atoms with van der Waals surface area (Å²) in [6, 6.07) is 17.3. The van der Waals surface area contributed by atoms with Gasteiger partial charge in [0, 0.05) is 5.38 Å². The lowest BCUT2D eigenvalue weighted by molar-refractivity contribution is -0.120. The van der Waals surface area contributed by atoms with Crippen LogP contribution in [0.1, 0.15) is 0 Å². The van der Waals surface area contributed by atoms with Crippen LogP contribution < -0.4 is 10.2 Å². The molecule has 2 aromatic heterocycles. The van der Waals surface area contributed by atoms with Crippen LogP contribution in [0.2, 0.25) is 0 Å². The zero-order valence-corrected chi connectivity index (χ0v) is 16.7. The number of aromatic nitrogens is 3. The Hall–Kier alpha value is -3.17. The fraction of sp³-hybridized carbons (Fsp3) is 0.100. The normalized spacial score (nSPS) is 13.4. The Labute approximate surface area is 174 Å². The topological polar surface area (TPSA) is 79.6 Å². The summed E-state index contributed by atoms with van der Waals surface area (Å²) < 4.78 is 1.97. The highest BCUT2D eigenvalue weighted by atomic mass is 32.2. The molecule has 1 aliphatic rings. The number of nitrogens with zero attached hydrogens (tertiary/aromatic N) is 4. The number of amides is 2. The van der Waals surface area contributed by atoms with Gasteiger partial charge in [0.25, 0.3) is 0 Å². The summed E-state index contributed by atoms with van der Waals surface area (Å²) >= 11 is 2.83. The van der Waals surface area contributed by atoms with Crippen LogP contribution in [-0.4, -0.2) is 38.7 Å². The van der Waals surface area contributed by atoms with Gasteiger partial charge >= 0.3 is 0 Å². The van der Waals surface area contributed by atoms with E-state index in [1.54, 1.807) is 6.07 Å². The standard InChI is InChI=1S/C20H15N5O2S2/c26-17-10-24(15-9-5-4-8-14(15)21-17)18(27)12-29-20-23-22-19-25(20)16(11-28-19)13-6-2-1-3-7-13/h1-9,11H,10,12H2,(H,21,26). The number of hydrogen-bond donors (Lipinski definition) is 1. The summed E-state index contributed by atoms with van der Waals surface area (Å²) in [6.45, 7) is 0.0133. The lowest BCUT2D eigenvalue weighted by Gasteiger charge is -2.28. The van der Waals surface area contributed by atoms with Crippen LogP contribution in [0.5, 0.6) is 0 Å². The van der Waals surface area contributed by atoms with E-state index in [2.05, 4.69) is 15.5 Å². The van der Waals surface area contributed by atoms with E-state index in [9.17, 15) is 9.59 Å². The molecule has 7 nitrogen and oxygen atoms in total. The molecule has 1 N–H and O–H groups in total. The van der Waals surface area contributed by atoms with Crippen molar-refractivity contribution in [1.29, 1.82) is 0 Å². The number of anilines is 2. The maximum atomic E-state index is 12.9. The van der Waals surface area contributed by atoms with Crippen LogP contribution in [-0.2, 0) is 9.59 Å². The molecular weight excluding hydrogens is 406 g/mol. The summed E-state index contributed by atoms with van der Waals surface area (Å²) in [5, 5.41) is 14.0. The van der Waals surface area contributed by atoms with E-state index in [4.69, 9.17) is 0 Å². The first-order chi connectivity index (χ1) is 14.2. The Morgan fingerprint density at radius 3 is 2.76 bits per heavy atom. The van der Waals surface area contributed by atoms with Crippen molar-refractivity contribution >= 4 is 51.2 Å². The van der Waals surface area contributed by atoms with Crippen LogP contribution in [0.3, 0.4) is 0 Å². The van der Waals surface area contributed by atoms with Gasteiger partial charge in [-0.1, -0.05) is 54.2 Å². The van der Waals surface area contributed by atoms with Crippen molar-refractivity contribution in [3.63, 3.8) is 0 Å². The molecule has 9 heteroatoms. The average Bonchev–Trinajstić information content (AvgIpc) is 3.34. The Kier molecular flexibility index (Phi) is 4.53. The van der Waals surface area contributed by atoms with Crippen LogP contribution in [0.25, 0.3) is 16.2 Å². The minimum absolute atomic E-state index is 0.0133. The number of carbonyl (C=O) groups excluding carboxylic acids is 2. The second-order valence-electron chi connectivity index (χ2n) is 6.42. The van der Waals surface area contributed by atoms with Crippen molar-refractivity contribution in [2.75, 3.05) is 22.5 Å². The molecule has 1 aliphatic heterocycles. The second-order valence-corrected chi connectivity index (χ2v) is 8.20. The smallest absolute Gasteiger partial charge is 0.244 e. The number of nitrogens with one attached hydrogen (secondary N) is 1. The van der Waals surface area contributed by atoms with Gasteiger partial charge < -0.3 is 10.2 Å². The average molecular weight is 422 g/mol. The number of benzene rings is 2. The van der Waals surface area contributed by atoms with E-state index >= 15 is 0 Å². The van der Waals surface area contributed by atoms with E-state index in [0.717, 1.165) is 16.2 Å². The molecule has 0 atom stereocenters. The lowest BCUT2D eigenvalue weighted by atomic mass is 10.2. The molecule has 2 amide bonds. The number of carbonyl (C=O) groups is 2. The third-order valence-electron chi connectivity index (χ3n) is 4.59. The van der Waals surface area contributed by atoms with E-state index in [1.807, 2.05) is 58.3 Å². The van der Waals surface area contributed by atoms with Crippen LogP contribution in [0, 0.1) is 0 Å². The van der Waals surface area contributed by atoms with E-state index in [1.165, 1.54) is 28.0 Å². The van der Waals surface area contributed by atoms with Crippen molar-refractivity contribution in [1.82, 2.24) is 14.6 Å². The van der Waals surface area contributed by atoms with E-state index < -0.39 is 0 Å². The molecule has 0 spiro atoms. The van der Waals surface area contributed by atoms with Crippen molar-refractivity contribution < 1.29 is 9.59 Å². The number of para-hydroxylation sites is 2. The number of fused-ring (bicyclic) bond motifs is 2. The zero-order valence-electron chi connectivity index (χ0n) is 15.1. The molecule has 2 aromatic carbocycles. The molecule has 0 aliphatic carbocycles. The van der Waals surface area contributed by atoms with E-state index in [-0.39, 0.29) is 24.1 Å². The Bertz CT molecular complexity index is 1220. The van der Waals surface area contributed by atoms with E-state index in [0.29, 0.717) is 16.5 Å². The summed E-state index contributed by atoms with van der Waals surface area (Å²) in [5.74, 6) is -0.186. The third-order valence-corrected chi connectivity index (χ3v) is 6.32. The molecule has 144 valence electrons. The summed E-state index contributed by atoms with van der Waals surface area (Å²) in [4.78, 5) is 27.2. The Morgan fingerprint density at radius 1 is 1.10 bits per heavy atom. The van der Waals surface area contributed by atoms with Gasteiger partial charge in [0.05, 0.1) is 22.8 Å². The Morgan fingerprint density at radius 2 is 1.90 bits per heavy atom. The second kappa shape index (κ2) is 7.34. The number of thiazole rings is 1. The highest BCUT2D eigenvalue weighted by molar-refractivity contribution is 7.99. The quantitative estimate of drug-likeness (QED) is 0.510. The minimum atomic E-state index is -0.198. The van der Waals surface area contributed by atoms with Crippen molar-refractivity contribution in [3.05, 3.63) is 60.0 Å². The number of hydrogen-bond acceptors (Lipinski definition) is 6. The number of rotatable bonds is 4. The fourth-order valence-electron chi connectivity index (χ4n) is 3.26. The van der Waals surface area contributed by atoms with Gasteiger partial charge in [-0.15, -0.1) is 21.5 Å². The van der Waals surface area contributed by atoms with Gasteiger partial charge in [-0.05, 0) is 17.7 Å². The molecule has 0 unspecified atom stereocenters. The van der Waals surface area contributed by atoms with Gasteiger partial charge in [-0.2, -0.15) is 0 Å². The van der Waals surface area contributed by atoms with Gasteiger partial charge in [0.1, 0.15) is 6.54 Å². The maximum Gasteiger partial charge on any atom is 0.244 e. The van der Waals surface area contributed by atoms with Gasteiger partial charge in [0.2, 0.25) is 16.8 Å². The summed E-state index contributed by atoms with van der Waals surface area (Å²) in [6.07, 6.45) is 0. The van der Waals surface area contributed by atoms with Crippen LogP contribution >= 0.6 is 23.1 Å². The highest BCUT2D eigenvalue weighted by Gasteiger charge is 2.27. The van der Waals surface area contributed by atoms with Gasteiger partial charge in [0.15, 0.2) is 5.16 Å². The molecule has 0 fully saturated rings. The summed E-state index contributed by atoms with van der Waals surface area (Å²) in [5.41, 5.74) is 3.42. The molecule has 0 saturated heterocycles. The predicted octanol–water partition coefficient (Wildman–Crippen LogP) is 3.54. The molecule has 0 bridgehead atoms. The number of thioether (sulfide) groups is 1. The largest absolute Gasteiger partial charge is 0.323 e. The molecular formula is C20H15N5O2S2. The third kappa shape index (κ3) is 3.28. The molecule has 0 radical (unpaired) electrons. The monoisotopic (exact) mass is 421 g/mol. The van der Waals surface area contributed by atoms with Gasteiger partial charge in [-0.25, -0.2) is 0 Å². The van der Waals surface area contributed by atoms with Crippen LogP contribution in [0.4, 0.5) is 11.4 Å². The van der Waals surface area contributed by atoms with Crippen molar-refractivity contribution in [2.45, 2.75) is 5.16 Å². The van der Waals surface area contributed by atoms with Gasteiger partial charge in [-0.3, -0.25) is 14.0 Å². The SMILES string of the molecule is O=C1CN(C(=O)CSc2nnc3scc(-c4ccccc4)n23)c2ccccc2N1. The van der Waals surface area contributed by atoms with Crippen molar-refractivity contribution in [2.24, 2.45) is 0 Å². The Balaban J connectivity index is 1.40. The first-order valence-electron chi connectivity index (χ1n) is 8.91. The lowest BCUT2D eigenvalue weighted by Crippen LogP contribution is -2.43. The molecule has 3 heterocycles. The molecule has 5 rings (SSSR count). The minimum Gasteiger partial charge on any atom is -0.323 e. The highest BCUT2D eigenvalue weighted by Crippen LogP contribution is 2.32. The molecule has 0 saturated carbocycles. The first kappa shape index (κ1) is 17.9. The first-order valence-corrected chi connectivity index (χ1v) is 10.8.